The SMILES string of the molecule is COC=C1CCCCCCCCCCC1. The second kappa shape index (κ2) is 8.82. The van der Waals surface area contributed by atoms with Crippen molar-refractivity contribution in [2.75, 3.05) is 7.11 Å². The Bertz CT molecular complexity index is 158. The highest BCUT2D eigenvalue weighted by Crippen LogP contribution is 2.20. The maximum Gasteiger partial charge on any atom is 0.0816 e. The normalized spacial score (nSPS) is 21.3. The molecule has 1 aliphatic rings. The van der Waals surface area contributed by atoms with Crippen molar-refractivity contribution in [2.24, 2.45) is 0 Å². The van der Waals surface area contributed by atoms with E-state index in [-0.39, 0.29) is 0 Å². The van der Waals surface area contributed by atoms with E-state index in [9.17, 15) is 0 Å². The smallest absolute Gasteiger partial charge is 0.0816 e. The number of allylic oxidation sites excluding steroid dienone is 1. The molecular formula is C14H26O. The Morgan fingerprint density at radius 1 is 0.733 bits per heavy atom. The second-order valence-corrected chi connectivity index (χ2v) is 4.69. The third kappa shape index (κ3) is 6.59. The lowest BCUT2D eigenvalue weighted by Crippen LogP contribution is -1.90. The van der Waals surface area contributed by atoms with E-state index in [4.69, 9.17) is 4.74 Å². The van der Waals surface area contributed by atoms with Crippen molar-refractivity contribution in [3.63, 3.8) is 0 Å². The highest BCUT2D eigenvalue weighted by molar-refractivity contribution is 4.97. The molecule has 1 fully saturated rings. The summed E-state index contributed by atoms with van der Waals surface area (Å²) in [5, 5.41) is 0. The minimum Gasteiger partial charge on any atom is -0.504 e. The Hall–Kier alpha value is -0.460. The fraction of sp³-hybridized carbons (Fsp3) is 0.857. The zero-order valence-corrected chi connectivity index (χ0v) is 10.3. The largest absolute Gasteiger partial charge is 0.504 e. The van der Waals surface area contributed by atoms with E-state index < -0.39 is 0 Å². The van der Waals surface area contributed by atoms with Crippen LogP contribution in [0.1, 0.15) is 70.6 Å². The van der Waals surface area contributed by atoms with Crippen LogP contribution in [0.3, 0.4) is 0 Å². The first-order valence-corrected chi connectivity index (χ1v) is 6.64. The van der Waals surface area contributed by atoms with Gasteiger partial charge in [-0.15, -0.1) is 0 Å². The number of methoxy groups -OCH3 is 1. The minimum absolute atomic E-state index is 1.26. The molecule has 1 heteroatoms. The predicted octanol–water partition coefficient (Wildman–Crippen LogP) is 4.82. The van der Waals surface area contributed by atoms with E-state index in [1.165, 1.54) is 76.2 Å². The summed E-state index contributed by atoms with van der Waals surface area (Å²) in [5.41, 5.74) is 1.53. The van der Waals surface area contributed by atoms with Gasteiger partial charge in [-0.25, -0.2) is 0 Å². The van der Waals surface area contributed by atoms with Gasteiger partial charge in [0.2, 0.25) is 0 Å². The fourth-order valence-corrected chi connectivity index (χ4v) is 2.35. The Kier molecular flexibility index (Phi) is 7.41. The standard InChI is InChI=1S/C14H26O/c1-15-13-14-11-9-7-5-3-2-4-6-8-10-12-14/h13H,2-12H2,1H3. The zero-order valence-electron chi connectivity index (χ0n) is 10.3. The minimum atomic E-state index is 1.26. The lowest BCUT2D eigenvalue weighted by Gasteiger charge is -2.09. The molecule has 0 atom stereocenters. The van der Waals surface area contributed by atoms with Gasteiger partial charge < -0.3 is 4.74 Å². The van der Waals surface area contributed by atoms with Crippen molar-refractivity contribution in [3.8, 4) is 0 Å². The van der Waals surface area contributed by atoms with Crippen LogP contribution in [0.15, 0.2) is 11.8 Å². The summed E-state index contributed by atoms with van der Waals surface area (Å²) in [6.45, 7) is 0. The fourth-order valence-electron chi connectivity index (χ4n) is 2.35. The van der Waals surface area contributed by atoms with Crippen molar-refractivity contribution < 1.29 is 4.74 Å². The Labute approximate surface area is 94.9 Å². The Morgan fingerprint density at radius 3 is 1.53 bits per heavy atom. The molecule has 0 aromatic carbocycles. The number of hydrogen-bond donors (Lipinski definition) is 0. The lowest BCUT2D eigenvalue weighted by molar-refractivity contribution is 0.330. The van der Waals surface area contributed by atoms with Crippen LogP contribution in [0.4, 0.5) is 0 Å². The lowest BCUT2D eigenvalue weighted by atomic mass is 9.98. The molecule has 0 radical (unpaired) electrons. The number of ether oxygens (including phenoxy) is 1. The number of rotatable bonds is 1. The molecule has 0 aliphatic heterocycles. The molecule has 0 spiro atoms. The van der Waals surface area contributed by atoms with Gasteiger partial charge in [-0.3, -0.25) is 0 Å². The van der Waals surface area contributed by atoms with Gasteiger partial charge in [-0.1, -0.05) is 44.9 Å². The molecule has 1 aliphatic carbocycles. The first-order valence-electron chi connectivity index (χ1n) is 6.64. The quantitative estimate of drug-likeness (QED) is 0.564. The van der Waals surface area contributed by atoms with Crippen LogP contribution in [0, 0.1) is 0 Å². The molecule has 0 aromatic rings. The Balaban J connectivity index is 2.28. The molecule has 1 rings (SSSR count). The molecule has 0 saturated heterocycles. The third-order valence-corrected chi connectivity index (χ3v) is 3.28. The van der Waals surface area contributed by atoms with Crippen molar-refractivity contribution in [2.45, 2.75) is 70.6 Å². The van der Waals surface area contributed by atoms with Gasteiger partial charge in [-0.05, 0) is 31.3 Å². The van der Waals surface area contributed by atoms with Crippen LogP contribution in [0.5, 0.6) is 0 Å². The van der Waals surface area contributed by atoms with E-state index in [0.29, 0.717) is 0 Å². The first kappa shape index (κ1) is 12.6. The molecule has 0 bridgehead atoms. The first-order chi connectivity index (χ1) is 7.43. The molecule has 0 unspecified atom stereocenters. The van der Waals surface area contributed by atoms with Gasteiger partial charge in [0, 0.05) is 0 Å². The molecule has 0 aromatic heterocycles. The van der Waals surface area contributed by atoms with Crippen LogP contribution in [-0.2, 0) is 4.74 Å². The van der Waals surface area contributed by atoms with Crippen molar-refractivity contribution in [1.82, 2.24) is 0 Å². The molecule has 0 heterocycles. The molecule has 88 valence electrons. The van der Waals surface area contributed by atoms with Gasteiger partial charge in [0.25, 0.3) is 0 Å². The summed E-state index contributed by atoms with van der Waals surface area (Å²) in [5.74, 6) is 0. The highest BCUT2D eigenvalue weighted by Gasteiger charge is 2.01. The summed E-state index contributed by atoms with van der Waals surface area (Å²) in [7, 11) is 1.77. The summed E-state index contributed by atoms with van der Waals surface area (Å²) in [6.07, 6.45) is 17.2. The summed E-state index contributed by atoms with van der Waals surface area (Å²) >= 11 is 0. The van der Waals surface area contributed by atoms with E-state index in [1.807, 2.05) is 6.26 Å². The summed E-state index contributed by atoms with van der Waals surface area (Å²) < 4.78 is 5.14. The van der Waals surface area contributed by atoms with Crippen LogP contribution >= 0.6 is 0 Å². The van der Waals surface area contributed by atoms with Crippen molar-refractivity contribution in [3.05, 3.63) is 11.8 Å². The van der Waals surface area contributed by atoms with Crippen LogP contribution in [0.2, 0.25) is 0 Å². The van der Waals surface area contributed by atoms with E-state index >= 15 is 0 Å². The molecular weight excluding hydrogens is 184 g/mol. The maximum atomic E-state index is 5.14. The molecule has 15 heavy (non-hydrogen) atoms. The van der Waals surface area contributed by atoms with Crippen LogP contribution in [0.25, 0.3) is 0 Å². The van der Waals surface area contributed by atoms with E-state index in [0.717, 1.165) is 0 Å². The van der Waals surface area contributed by atoms with Gasteiger partial charge in [0.15, 0.2) is 0 Å². The average Bonchev–Trinajstić information content (AvgIpc) is 2.22. The van der Waals surface area contributed by atoms with Crippen LogP contribution < -0.4 is 0 Å². The van der Waals surface area contributed by atoms with Gasteiger partial charge >= 0.3 is 0 Å². The van der Waals surface area contributed by atoms with E-state index in [2.05, 4.69) is 0 Å². The average molecular weight is 210 g/mol. The second-order valence-electron chi connectivity index (χ2n) is 4.69. The zero-order chi connectivity index (χ0) is 10.8. The molecule has 0 amide bonds. The summed E-state index contributed by atoms with van der Waals surface area (Å²) in [6, 6.07) is 0. The molecule has 1 saturated carbocycles. The summed E-state index contributed by atoms with van der Waals surface area (Å²) in [4.78, 5) is 0. The van der Waals surface area contributed by atoms with Gasteiger partial charge in [0.05, 0.1) is 13.4 Å². The predicted molar refractivity (Wildman–Crippen MR) is 65.9 cm³/mol. The number of hydrogen-bond acceptors (Lipinski definition) is 1. The molecule has 1 nitrogen and oxygen atoms in total. The third-order valence-electron chi connectivity index (χ3n) is 3.28. The van der Waals surface area contributed by atoms with E-state index in [1.54, 1.807) is 7.11 Å². The molecule has 0 N–H and O–H groups in total. The van der Waals surface area contributed by atoms with Gasteiger partial charge in [-0.2, -0.15) is 0 Å². The highest BCUT2D eigenvalue weighted by atomic mass is 16.5. The topological polar surface area (TPSA) is 9.23 Å². The van der Waals surface area contributed by atoms with Crippen LogP contribution in [-0.4, -0.2) is 7.11 Å². The van der Waals surface area contributed by atoms with Crippen molar-refractivity contribution in [1.29, 1.82) is 0 Å². The van der Waals surface area contributed by atoms with Gasteiger partial charge in [0.1, 0.15) is 0 Å². The monoisotopic (exact) mass is 210 g/mol. The Morgan fingerprint density at radius 2 is 1.13 bits per heavy atom. The van der Waals surface area contributed by atoms with Crippen molar-refractivity contribution >= 4 is 0 Å². The maximum absolute atomic E-state index is 5.14.